The van der Waals surface area contributed by atoms with E-state index in [0.717, 1.165) is 10.8 Å². The van der Waals surface area contributed by atoms with Crippen molar-refractivity contribution < 1.29 is 4.39 Å². The molecule has 0 aliphatic heterocycles. The van der Waals surface area contributed by atoms with Crippen molar-refractivity contribution in [1.82, 2.24) is 4.98 Å². The number of benzene rings is 1. The van der Waals surface area contributed by atoms with E-state index in [1.54, 1.807) is 18.3 Å². The molecule has 4 heteroatoms. The van der Waals surface area contributed by atoms with E-state index in [4.69, 9.17) is 7.85 Å². The van der Waals surface area contributed by atoms with Crippen LogP contribution in [0, 0.1) is 5.82 Å². The third-order valence-corrected chi connectivity index (χ3v) is 2.39. The fourth-order valence-electron chi connectivity index (χ4n) is 1.16. The molecule has 1 aromatic heterocycles. The first kappa shape index (κ1) is 8.69. The van der Waals surface area contributed by atoms with Gasteiger partial charge in [0.1, 0.15) is 13.7 Å². The second-order valence-electron chi connectivity index (χ2n) is 2.72. The maximum Gasteiger partial charge on any atom is 0.141 e. The van der Waals surface area contributed by atoms with Crippen LogP contribution in [-0.2, 0) is 0 Å². The van der Waals surface area contributed by atoms with Crippen molar-refractivity contribution in [2.24, 2.45) is 0 Å². The maximum absolute atomic E-state index is 13.0. The van der Waals surface area contributed by atoms with Crippen LogP contribution in [-0.4, -0.2) is 12.8 Å². The first-order valence-electron chi connectivity index (χ1n) is 3.67. The third-order valence-electron chi connectivity index (χ3n) is 1.78. The Morgan fingerprint density at radius 3 is 2.77 bits per heavy atom. The van der Waals surface area contributed by atoms with Crippen molar-refractivity contribution in [2.45, 2.75) is 0 Å². The van der Waals surface area contributed by atoms with Gasteiger partial charge in [-0.3, -0.25) is 4.98 Å². The lowest BCUT2D eigenvalue weighted by molar-refractivity contribution is 0.623. The Morgan fingerprint density at radius 2 is 2.00 bits per heavy atom. The Hall–Kier alpha value is -0.895. The molecule has 0 aliphatic rings. The number of fused-ring (bicyclic) bond motifs is 1. The van der Waals surface area contributed by atoms with Crippen LogP contribution in [0.5, 0.6) is 0 Å². The van der Waals surface area contributed by atoms with Gasteiger partial charge in [-0.05, 0) is 45.1 Å². The van der Waals surface area contributed by atoms with E-state index >= 15 is 0 Å². The lowest BCUT2D eigenvalue weighted by Gasteiger charge is -2.00. The molecule has 0 aliphatic carbocycles. The van der Waals surface area contributed by atoms with Crippen LogP contribution in [0.1, 0.15) is 0 Å². The van der Waals surface area contributed by atoms with Gasteiger partial charge in [-0.25, -0.2) is 4.39 Å². The topological polar surface area (TPSA) is 12.9 Å². The van der Waals surface area contributed by atoms with E-state index in [1.807, 2.05) is 0 Å². The molecule has 13 heavy (non-hydrogen) atoms. The van der Waals surface area contributed by atoms with E-state index < -0.39 is 0 Å². The number of pyridine rings is 1. The average Bonchev–Trinajstić information content (AvgIpc) is 2.08. The van der Waals surface area contributed by atoms with Gasteiger partial charge in [-0.15, -0.1) is 0 Å². The molecule has 0 fully saturated rings. The molecule has 0 atom stereocenters. The maximum atomic E-state index is 13.0. The third kappa shape index (κ3) is 1.58. The first-order valence-corrected chi connectivity index (χ1v) is 4.46. The molecule has 0 saturated heterocycles. The van der Waals surface area contributed by atoms with E-state index in [2.05, 4.69) is 20.9 Å². The summed E-state index contributed by atoms with van der Waals surface area (Å²) in [5, 5.41) is 1.62. The molecule has 2 rings (SSSR count). The molecule has 0 amide bonds. The second-order valence-corrected chi connectivity index (χ2v) is 3.58. The molecule has 0 saturated carbocycles. The van der Waals surface area contributed by atoms with Gasteiger partial charge in [-0.1, -0.05) is 0 Å². The number of halogens is 2. The molecule has 2 radical (unpaired) electrons. The largest absolute Gasteiger partial charge is 0.272 e. The highest BCUT2D eigenvalue weighted by molar-refractivity contribution is 9.10. The van der Waals surface area contributed by atoms with Gasteiger partial charge in [-0.2, -0.15) is 0 Å². The van der Waals surface area contributed by atoms with Crippen LogP contribution in [0.25, 0.3) is 10.8 Å². The van der Waals surface area contributed by atoms with Crippen LogP contribution in [0.15, 0.2) is 28.9 Å². The molecule has 1 aromatic carbocycles. The molecule has 0 unspecified atom stereocenters. The second kappa shape index (κ2) is 3.11. The lowest BCUT2D eigenvalue weighted by atomic mass is 10.0. The lowest BCUT2D eigenvalue weighted by Crippen LogP contribution is -2.06. The number of nitrogens with zero attached hydrogens (tertiary/aromatic N) is 1. The summed E-state index contributed by atoms with van der Waals surface area (Å²) in [5.74, 6) is -0.293. The van der Waals surface area contributed by atoms with Crippen LogP contribution >= 0.6 is 15.9 Å². The van der Waals surface area contributed by atoms with E-state index in [-0.39, 0.29) is 5.82 Å². The molecule has 1 nitrogen and oxygen atoms in total. The number of aromatic nitrogens is 1. The van der Waals surface area contributed by atoms with Gasteiger partial charge in [0.2, 0.25) is 0 Å². The highest BCUT2D eigenvalue weighted by atomic mass is 79.9. The molecule has 62 valence electrons. The van der Waals surface area contributed by atoms with Gasteiger partial charge in [0, 0.05) is 11.6 Å². The molecule has 1 heterocycles. The highest BCUT2D eigenvalue weighted by Gasteiger charge is 2.01. The highest BCUT2D eigenvalue weighted by Crippen LogP contribution is 2.21. The fourth-order valence-corrected chi connectivity index (χ4v) is 1.52. The summed E-state index contributed by atoms with van der Waals surface area (Å²) in [4.78, 5) is 3.87. The van der Waals surface area contributed by atoms with Crippen molar-refractivity contribution in [1.29, 1.82) is 0 Å². The number of hydrogen-bond acceptors (Lipinski definition) is 1. The standard InChI is InChI=1S/C9H4BBrFN/c10-9-3-5-1-7(11)8(12)2-6(5)4-13-9/h1-4H. The quantitative estimate of drug-likeness (QED) is 0.636. The van der Waals surface area contributed by atoms with Crippen molar-refractivity contribution in [3.63, 3.8) is 0 Å². The van der Waals surface area contributed by atoms with Gasteiger partial charge in [0.25, 0.3) is 0 Å². The Morgan fingerprint density at radius 1 is 1.23 bits per heavy atom. The van der Waals surface area contributed by atoms with Crippen molar-refractivity contribution in [2.75, 3.05) is 0 Å². The van der Waals surface area contributed by atoms with Crippen LogP contribution < -0.4 is 5.59 Å². The van der Waals surface area contributed by atoms with Crippen LogP contribution in [0.4, 0.5) is 4.39 Å². The molecule has 0 spiro atoms. The minimum atomic E-state index is -0.293. The predicted molar refractivity (Wildman–Crippen MR) is 54.8 cm³/mol. The summed E-state index contributed by atoms with van der Waals surface area (Å²) in [5.41, 5.74) is 0.436. The van der Waals surface area contributed by atoms with Crippen LogP contribution in [0.2, 0.25) is 0 Å². The molecular formula is C9H4BBrFN. The molecule has 2 aromatic rings. The molecular weight excluding hydrogens is 232 g/mol. The van der Waals surface area contributed by atoms with E-state index in [1.165, 1.54) is 6.07 Å². The van der Waals surface area contributed by atoms with E-state index in [0.29, 0.717) is 10.1 Å². The Balaban J connectivity index is 2.81. The van der Waals surface area contributed by atoms with Crippen molar-refractivity contribution in [3.8, 4) is 0 Å². The summed E-state index contributed by atoms with van der Waals surface area (Å²) < 4.78 is 13.5. The summed E-state index contributed by atoms with van der Waals surface area (Å²) in [6.07, 6.45) is 1.56. The molecule has 0 bridgehead atoms. The van der Waals surface area contributed by atoms with Crippen molar-refractivity contribution in [3.05, 3.63) is 34.7 Å². The van der Waals surface area contributed by atoms with Gasteiger partial charge in [0.15, 0.2) is 0 Å². The Kier molecular flexibility index (Phi) is 2.08. The summed E-state index contributed by atoms with van der Waals surface area (Å²) in [6, 6.07) is 4.81. The fraction of sp³-hybridized carbons (Fsp3) is 0. The Bertz CT molecular complexity index is 472. The summed E-state index contributed by atoms with van der Waals surface area (Å²) in [6.45, 7) is 0. The smallest absolute Gasteiger partial charge is 0.141 e. The number of hydrogen-bond donors (Lipinski definition) is 0. The minimum absolute atomic E-state index is 0.293. The summed E-state index contributed by atoms with van der Waals surface area (Å²) in [7, 11) is 5.49. The average molecular weight is 236 g/mol. The normalized spacial score (nSPS) is 10.6. The summed E-state index contributed by atoms with van der Waals surface area (Å²) >= 11 is 3.10. The minimum Gasteiger partial charge on any atom is -0.272 e. The van der Waals surface area contributed by atoms with Gasteiger partial charge >= 0.3 is 0 Å². The SMILES string of the molecule is [B]c1cc2cc(Br)c(F)cc2cn1. The predicted octanol–water partition coefficient (Wildman–Crippen LogP) is 1.93. The zero-order valence-electron chi connectivity index (χ0n) is 6.59. The zero-order valence-corrected chi connectivity index (χ0v) is 8.18. The monoisotopic (exact) mass is 235 g/mol. The van der Waals surface area contributed by atoms with Crippen LogP contribution in [0.3, 0.4) is 0 Å². The number of rotatable bonds is 0. The Labute approximate surface area is 84.5 Å². The molecule has 0 N–H and O–H groups in total. The van der Waals surface area contributed by atoms with Gasteiger partial charge < -0.3 is 0 Å². The zero-order chi connectivity index (χ0) is 9.42. The van der Waals surface area contributed by atoms with E-state index in [9.17, 15) is 4.39 Å². The van der Waals surface area contributed by atoms with Gasteiger partial charge in [0.05, 0.1) is 4.47 Å². The first-order chi connectivity index (χ1) is 6.16. The van der Waals surface area contributed by atoms with Crippen molar-refractivity contribution >= 4 is 40.1 Å².